The maximum atomic E-state index is 5.01. The normalized spacial score (nSPS) is 11.8. The fourth-order valence-corrected chi connectivity index (χ4v) is 6.91. The summed E-state index contributed by atoms with van der Waals surface area (Å²) in [6.45, 7) is 3.15. The summed E-state index contributed by atoms with van der Waals surface area (Å²) in [5, 5.41) is 10.00. The van der Waals surface area contributed by atoms with Gasteiger partial charge in [0.25, 0.3) is 0 Å². The van der Waals surface area contributed by atoms with Gasteiger partial charge in [-0.05, 0) is 63.5 Å². The smallest absolute Gasteiger partial charge is 0.164 e. The average molecular weight is 577 g/mol. The molecule has 0 fully saturated rings. The van der Waals surface area contributed by atoms with Crippen molar-refractivity contribution >= 4 is 54.1 Å². The lowest BCUT2D eigenvalue weighted by atomic mass is 9.92. The van der Waals surface area contributed by atoms with E-state index < -0.39 is 0 Å². The Kier molecular flexibility index (Phi) is 5.75. The maximum absolute atomic E-state index is 5.01. The fraction of sp³-hybridized carbons (Fsp3) is 0.0488. The zero-order valence-corrected chi connectivity index (χ0v) is 24.8. The molecule has 0 unspecified atom stereocenters. The molecule has 212 valence electrons. The van der Waals surface area contributed by atoms with Crippen molar-refractivity contribution in [1.82, 2.24) is 19.5 Å². The Morgan fingerprint density at radius 1 is 0.378 bits per heavy atom. The standard InChI is InChI=1S/C41H28N4/c1-2-45-37-20-12-11-19-32(37)36-24-34-31-22-21-28(23-33(31)29-17-9-10-18-30(29)35(34)25-38(36)45)41-43-39(26-13-5-3-6-14-26)42-40(44-41)27-15-7-4-8-16-27/h3-25H,2H2,1H3. The molecule has 0 bridgehead atoms. The zero-order chi connectivity index (χ0) is 29.9. The SMILES string of the molecule is CCn1c2ccccc2c2cc3c4ccc(-c5nc(-c6ccccc6)nc(-c6ccccc6)n5)cc4c4ccccc4c3cc21. The van der Waals surface area contributed by atoms with Gasteiger partial charge in [-0.1, -0.05) is 115 Å². The molecule has 0 saturated carbocycles. The van der Waals surface area contributed by atoms with Crippen LogP contribution in [0.3, 0.4) is 0 Å². The summed E-state index contributed by atoms with van der Waals surface area (Å²) in [7, 11) is 0. The molecule has 0 radical (unpaired) electrons. The number of hydrogen-bond donors (Lipinski definition) is 0. The molecule has 0 spiro atoms. The summed E-state index contributed by atoms with van der Waals surface area (Å²) in [6.07, 6.45) is 0. The number of fused-ring (bicyclic) bond motifs is 9. The van der Waals surface area contributed by atoms with Gasteiger partial charge in [0.05, 0.1) is 0 Å². The Morgan fingerprint density at radius 3 is 1.49 bits per heavy atom. The molecule has 9 aromatic rings. The van der Waals surface area contributed by atoms with Gasteiger partial charge < -0.3 is 4.57 Å². The van der Waals surface area contributed by atoms with Gasteiger partial charge in [-0.15, -0.1) is 0 Å². The minimum absolute atomic E-state index is 0.662. The fourth-order valence-electron chi connectivity index (χ4n) is 6.91. The minimum Gasteiger partial charge on any atom is -0.341 e. The third-order valence-electron chi connectivity index (χ3n) is 9.00. The van der Waals surface area contributed by atoms with Gasteiger partial charge in [-0.3, -0.25) is 0 Å². The van der Waals surface area contributed by atoms with Gasteiger partial charge in [0.2, 0.25) is 0 Å². The molecule has 4 nitrogen and oxygen atoms in total. The second kappa shape index (κ2) is 10.1. The van der Waals surface area contributed by atoms with Crippen molar-refractivity contribution < 1.29 is 0 Å². The van der Waals surface area contributed by atoms with Crippen LogP contribution in [0.4, 0.5) is 0 Å². The largest absolute Gasteiger partial charge is 0.341 e. The van der Waals surface area contributed by atoms with E-state index in [1.807, 2.05) is 60.7 Å². The molecule has 7 aromatic carbocycles. The summed E-state index contributed by atoms with van der Waals surface area (Å²) in [6, 6.07) is 49.2. The first kappa shape index (κ1) is 25.6. The Bertz CT molecular complexity index is 2510. The molecule has 0 aliphatic carbocycles. The van der Waals surface area contributed by atoms with Crippen LogP contribution in [0.25, 0.3) is 88.3 Å². The van der Waals surface area contributed by atoms with Crippen LogP contribution >= 0.6 is 0 Å². The molecule has 0 aliphatic heterocycles. The number of rotatable bonds is 4. The monoisotopic (exact) mass is 576 g/mol. The van der Waals surface area contributed by atoms with E-state index in [1.165, 1.54) is 54.1 Å². The van der Waals surface area contributed by atoms with Crippen LogP contribution in [0, 0.1) is 0 Å². The zero-order valence-electron chi connectivity index (χ0n) is 24.8. The third kappa shape index (κ3) is 4.03. The molecule has 0 N–H and O–H groups in total. The van der Waals surface area contributed by atoms with Crippen LogP contribution in [0.5, 0.6) is 0 Å². The number of aryl methyl sites for hydroxylation is 1. The van der Waals surface area contributed by atoms with Gasteiger partial charge in [-0.2, -0.15) is 0 Å². The quantitative estimate of drug-likeness (QED) is 0.196. The van der Waals surface area contributed by atoms with Crippen molar-refractivity contribution in [3.63, 3.8) is 0 Å². The molecular formula is C41H28N4. The second-order valence-corrected chi connectivity index (χ2v) is 11.5. The van der Waals surface area contributed by atoms with E-state index in [2.05, 4.69) is 90.4 Å². The molecule has 0 aliphatic rings. The van der Waals surface area contributed by atoms with Gasteiger partial charge >= 0.3 is 0 Å². The summed E-state index contributed by atoms with van der Waals surface area (Å²) in [4.78, 5) is 14.9. The molecule has 2 aromatic heterocycles. The van der Waals surface area contributed by atoms with Crippen LogP contribution in [-0.4, -0.2) is 19.5 Å². The van der Waals surface area contributed by atoms with Crippen molar-refractivity contribution in [2.45, 2.75) is 13.5 Å². The first-order valence-electron chi connectivity index (χ1n) is 15.4. The summed E-state index contributed by atoms with van der Waals surface area (Å²) in [5.74, 6) is 1.99. The second-order valence-electron chi connectivity index (χ2n) is 11.5. The molecule has 9 rings (SSSR count). The topological polar surface area (TPSA) is 43.6 Å². The van der Waals surface area contributed by atoms with Crippen LogP contribution in [0.1, 0.15) is 6.92 Å². The van der Waals surface area contributed by atoms with E-state index in [4.69, 9.17) is 15.0 Å². The third-order valence-corrected chi connectivity index (χ3v) is 9.00. The molecular weight excluding hydrogens is 548 g/mol. The molecule has 2 heterocycles. The Morgan fingerprint density at radius 2 is 0.867 bits per heavy atom. The predicted octanol–water partition coefficient (Wildman–Crippen LogP) is 10.5. The van der Waals surface area contributed by atoms with E-state index >= 15 is 0 Å². The van der Waals surface area contributed by atoms with Crippen LogP contribution in [-0.2, 0) is 6.54 Å². The van der Waals surface area contributed by atoms with Crippen molar-refractivity contribution in [2.75, 3.05) is 0 Å². The van der Waals surface area contributed by atoms with Crippen molar-refractivity contribution in [3.8, 4) is 34.2 Å². The molecule has 0 atom stereocenters. The Balaban J connectivity index is 1.33. The van der Waals surface area contributed by atoms with Crippen molar-refractivity contribution in [3.05, 3.63) is 140 Å². The molecule has 0 amide bonds. The number of aromatic nitrogens is 4. The summed E-state index contributed by atoms with van der Waals surface area (Å²) >= 11 is 0. The molecule has 0 saturated heterocycles. The van der Waals surface area contributed by atoms with Gasteiger partial charge in [0.15, 0.2) is 17.5 Å². The van der Waals surface area contributed by atoms with Gasteiger partial charge in [0, 0.05) is 45.0 Å². The minimum atomic E-state index is 0.662. The highest BCUT2D eigenvalue weighted by atomic mass is 15.0. The van der Waals surface area contributed by atoms with E-state index in [9.17, 15) is 0 Å². The van der Waals surface area contributed by atoms with Gasteiger partial charge in [-0.25, -0.2) is 15.0 Å². The van der Waals surface area contributed by atoms with Crippen molar-refractivity contribution in [2.24, 2.45) is 0 Å². The van der Waals surface area contributed by atoms with Gasteiger partial charge in [0.1, 0.15) is 0 Å². The highest BCUT2D eigenvalue weighted by Gasteiger charge is 2.17. The Labute approximate surface area is 260 Å². The molecule has 45 heavy (non-hydrogen) atoms. The van der Waals surface area contributed by atoms with E-state index in [0.29, 0.717) is 17.5 Å². The number of hydrogen-bond acceptors (Lipinski definition) is 3. The van der Waals surface area contributed by atoms with E-state index in [-0.39, 0.29) is 0 Å². The number of nitrogens with zero attached hydrogens (tertiary/aromatic N) is 4. The lowest BCUT2D eigenvalue weighted by Gasteiger charge is -2.13. The van der Waals surface area contributed by atoms with Crippen molar-refractivity contribution in [1.29, 1.82) is 0 Å². The number of benzene rings is 7. The van der Waals surface area contributed by atoms with Crippen LogP contribution in [0.2, 0.25) is 0 Å². The van der Waals surface area contributed by atoms with E-state index in [1.54, 1.807) is 0 Å². The average Bonchev–Trinajstić information content (AvgIpc) is 3.44. The van der Waals surface area contributed by atoms with Crippen LogP contribution < -0.4 is 0 Å². The summed E-state index contributed by atoms with van der Waals surface area (Å²) < 4.78 is 2.43. The number of para-hydroxylation sites is 1. The highest BCUT2D eigenvalue weighted by Crippen LogP contribution is 2.41. The lowest BCUT2D eigenvalue weighted by Crippen LogP contribution is -2.00. The lowest BCUT2D eigenvalue weighted by molar-refractivity contribution is 0.827. The Hall–Kier alpha value is -5.87. The first-order chi connectivity index (χ1) is 22.3. The first-order valence-corrected chi connectivity index (χ1v) is 15.4. The predicted molar refractivity (Wildman–Crippen MR) is 187 cm³/mol. The summed E-state index contributed by atoms with van der Waals surface area (Å²) in [5.41, 5.74) is 5.45. The van der Waals surface area contributed by atoms with E-state index in [0.717, 1.165) is 23.2 Å². The highest BCUT2D eigenvalue weighted by molar-refractivity contribution is 6.29. The molecule has 4 heteroatoms. The maximum Gasteiger partial charge on any atom is 0.164 e. The van der Waals surface area contributed by atoms with Crippen LogP contribution in [0.15, 0.2) is 140 Å².